The van der Waals surface area contributed by atoms with Crippen molar-refractivity contribution in [1.29, 1.82) is 0 Å². The summed E-state index contributed by atoms with van der Waals surface area (Å²) in [7, 11) is 0. The van der Waals surface area contributed by atoms with Crippen LogP contribution in [0.2, 0.25) is 0 Å². The van der Waals surface area contributed by atoms with E-state index in [0.717, 1.165) is 13.0 Å². The van der Waals surface area contributed by atoms with Crippen LogP contribution in [0.15, 0.2) is 42.5 Å². The maximum Gasteiger partial charge on any atom is 0.167 e. The van der Waals surface area contributed by atoms with Gasteiger partial charge in [0.15, 0.2) is 11.6 Å². The minimum absolute atomic E-state index is 0.0831. The van der Waals surface area contributed by atoms with Crippen molar-refractivity contribution < 1.29 is 9.13 Å². The van der Waals surface area contributed by atoms with Gasteiger partial charge in [-0.25, -0.2) is 4.39 Å². The molecule has 112 valence electrons. The van der Waals surface area contributed by atoms with E-state index < -0.39 is 5.82 Å². The van der Waals surface area contributed by atoms with Gasteiger partial charge in [0.1, 0.15) is 0 Å². The number of halogens is 1. The summed E-state index contributed by atoms with van der Waals surface area (Å²) in [4.78, 5) is 0. The molecule has 0 saturated carbocycles. The van der Waals surface area contributed by atoms with E-state index in [-0.39, 0.29) is 11.9 Å². The molecular formula is C17H21FN2O. The molecule has 3 nitrogen and oxygen atoms in total. The number of nitrogens with one attached hydrogen (secondary N) is 1. The lowest BCUT2D eigenvalue weighted by atomic mass is 10.1. The van der Waals surface area contributed by atoms with Crippen LogP contribution < -0.4 is 15.8 Å². The molecule has 0 atom stereocenters. The van der Waals surface area contributed by atoms with Crippen LogP contribution >= 0.6 is 0 Å². The predicted octanol–water partition coefficient (Wildman–Crippen LogP) is 3.85. The van der Waals surface area contributed by atoms with Crippen molar-refractivity contribution in [2.24, 2.45) is 0 Å². The van der Waals surface area contributed by atoms with Crippen LogP contribution in [0.3, 0.4) is 0 Å². The lowest BCUT2D eigenvalue weighted by Crippen LogP contribution is -2.10. The van der Waals surface area contributed by atoms with Crippen LogP contribution in [0.25, 0.3) is 0 Å². The van der Waals surface area contributed by atoms with E-state index in [0.29, 0.717) is 11.4 Å². The molecule has 0 bridgehead atoms. The van der Waals surface area contributed by atoms with Gasteiger partial charge in [0.2, 0.25) is 0 Å². The van der Waals surface area contributed by atoms with Crippen molar-refractivity contribution in [1.82, 2.24) is 0 Å². The molecule has 0 aliphatic carbocycles. The SMILES string of the molecule is CC(C)Oc1cc(NCCc2ccccc2)c(N)cc1F. The standard InChI is InChI=1S/C17H21FN2O/c1-12(2)21-17-11-16(15(19)10-14(17)18)20-9-8-13-6-4-3-5-7-13/h3-7,10-12,20H,8-9,19H2,1-2H3. The Labute approximate surface area is 124 Å². The van der Waals surface area contributed by atoms with Crippen molar-refractivity contribution in [3.63, 3.8) is 0 Å². The molecule has 0 aliphatic rings. The normalized spacial score (nSPS) is 10.7. The zero-order valence-corrected chi connectivity index (χ0v) is 12.4. The molecule has 0 aliphatic heterocycles. The first-order chi connectivity index (χ1) is 10.1. The summed E-state index contributed by atoms with van der Waals surface area (Å²) in [5.41, 5.74) is 8.17. The van der Waals surface area contributed by atoms with Gasteiger partial charge in [-0.15, -0.1) is 0 Å². The summed E-state index contributed by atoms with van der Waals surface area (Å²) in [6.45, 7) is 4.44. The van der Waals surface area contributed by atoms with Gasteiger partial charge in [-0.05, 0) is 25.8 Å². The maximum absolute atomic E-state index is 13.7. The number of nitrogens with two attached hydrogens (primary N) is 1. The molecule has 4 heteroatoms. The van der Waals surface area contributed by atoms with Gasteiger partial charge in [-0.1, -0.05) is 30.3 Å². The molecule has 2 aromatic carbocycles. The smallest absolute Gasteiger partial charge is 0.167 e. The quantitative estimate of drug-likeness (QED) is 0.794. The summed E-state index contributed by atoms with van der Waals surface area (Å²) < 4.78 is 19.2. The highest BCUT2D eigenvalue weighted by molar-refractivity contribution is 5.68. The van der Waals surface area contributed by atoms with Gasteiger partial charge in [-0.2, -0.15) is 0 Å². The van der Waals surface area contributed by atoms with Crippen LogP contribution in [-0.4, -0.2) is 12.6 Å². The molecule has 0 spiro atoms. The van der Waals surface area contributed by atoms with Crippen LogP contribution in [0.1, 0.15) is 19.4 Å². The Hall–Kier alpha value is -2.23. The van der Waals surface area contributed by atoms with Gasteiger partial charge >= 0.3 is 0 Å². The zero-order chi connectivity index (χ0) is 15.2. The fourth-order valence-electron chi connectivity index (χ4n) is 2.05. The summed E-state index contributed by atoms with van der Waals surface area (Å²) >= 11 is 0. The summed E-state index contributed by atoms with van der Waals surface area (Å²) in [5.74, 6) is -0.212. The third kappa shape index (κ3) is 4.38. The molecule has 2 aromatic rings. The van der Waals surface area contributed by atoms with Crippen LogP contribution in [0.4, 0.5) is 15.8 Å². The molecular weight excluding hydrogens is 267 g/mol. The van der Waals surface area contributed by atoms with E-state index in [1.54, 1.807) is 6.07 Å². The van der Waals surface area contributed by atoms with Crippen molar-refractivity contribution in [2.45, 2.75) is 26.4 Å². The first-order valence-corrected chi connectivity index (χ1v) is 7.09. The average molecular weight is 288 g/mol. The van der Waals surface area contributed by atoms with Gasteiger partial charge < -0.3 is 15.8 Å². The molecule has 0 fully saturated rings. The van der Waals surface area contributed by atoms with E-state index >= 15 is 0 Å². The molecule has 0 radical (unpaired) electrons. The third-order valence-corrected chi connectivity index (χ3v) is 3.04. The van der Waals surface area contributed by atoms with E-state index in [1.807, 2.05) is 32.0 Å². The molecule has 21 heavy (non-hydrogen) atoms. The lowest BCUT2D eigenvalue weighted by Gasteiger charge is -2.15. The first kappa shape index (κ1) is 15.2. The minimum atomic E-state index is -0.435. The van der Waals surface area contributed by atoms with E-state index in [1.165, 1.54) is 11.6 Å². The second-order valence-corrected chi connectivity index (χ2v) is 5.20. The summed E-state index contributed by atoms with van der Waals surface area (Å²) in [5, 5.41) is 3.23. The Morgan fingerprint density at radius 1 is 1.19 bits per heavy atom. The highest BCUT2D eigenvalue weighted by atomic mass is 19.1. The molecule has 0 heterocycles. The van der Waals surface area contributed by atoms with E-state index in [4.69, 9.17) is 10.5 Å². The number of benzene rings is 2. The average Bonchev–Trinajstić information content (AvgIpc) is 2.44. The third-order valence-electron chi connectivity index (χ3n) is 3.04. The van der Waals surface area contributed by atoms with Crippen molar-refractivity contribution in [3.05, 3.63) is 53.8 Å². The number of ether oxygens (including phenoxy) is 1. The number of rotatable bonds is 6. The van der Waals surface area contributed by atoms with Crippen molar-refractivity contribution in [3.8, 4) is 5.75 Å². The summed E-state index contributed by atoms with van der Waals surface area (Å²) in [6, 6.07) is 13.1. The molecule has 0 aromatic heterocycles. The molecule has 0 saturated heterocycles. The highest BCUT2D eigenvalue weighted by Gasteiger charge is 2.10. The van der Waals surface area contributed by atoms with E-state index in [2.05, 4.69) is 17.4 Å². The second-order valence-electron chi connectivity index (χ2n) is 5.20. The predicted molar refractivity (Wildman–Crippen MR) is 85.2 cm³/mol. The van der Waals surface area contributed by atoms with Gasteiger partial charge in [0.25, 0.3) is 0 Å². The number of nitrogen functional groups attached to an aromatic ring is 1. The highest BCUT2D eigenvalue weighted by Crippen LogP contribution is 2.28. The fraction of sp³-hybridized carbons (Fsp3) is 0.294. The molecule has 2 rings (SSSR count). The van der Waals surface area contributed by atoms with Crippen molar-refractivity contribution in [2.75, 3.05) is 17.6 Å². The van der Waals surface area contributed by atoms with Crippen LogP contribution in [0, 0.1) is 5.82 Å². The van der Waals surface area contributed by atoms with Crippen molar-refractivity contribution >= 4 is 11.4 Å². The second kappa shape index (κ2) is 6.97. The van der Waals surface area contributed by atoms with Crippen LogP contribution in [0.5, 0.6) is 5.75 Å². The Kier molecular flexibility index (Phi) is 5.04. The monoisotopic (exact) mass is 288 g/mol. The van der Waals surface area contributed by atoms with E-state index in [9.17, 15) is 4.39 Å². The fourth-order valence-corrected chi connectivity index (χ4v) is 2.05. The van der Waals surface area contributed by atoms with Gasteiger partial charge in [0.05, 0.1) is 17.5 Å². The zero-order valence-electron chi connectivity index (χ0n) is 12.4. The van der Waals surface area contributed by atoms with Gasteiger partial charge in [-0.3, -0.25) is 0 Å². The number of anilines is 2. The maximum atomic E-state index is 13.7. The molecule has 0 amide bonds. The Balaban J connectivity index is 2.02. The number of hydrogen-bond acceptors (Lipinski definition) is 3. The Morgan fingerprint density at radius 3 is 2.57 bits per heavy atom. The van der Waals surface area contributed by atoms with Crippen LogP contribution in [-0.2, 0) is 6.42 Å². The molecule has 0 unspecified atom stereocenters. The first-order valence-electron chi connectivity index (χ1n) is 7.09. The largest absolute Gasteiger partial charge is 0.488 e. The molecule has 3 N–H and O–H groups in total. The minimum Gasteiger partial charge on any atom is -0.488 e. The Morgan fingerprint density at radius 2 is 1.90 bits per heavy atom. The Bertz CT molecular complexity index is 585. The lowest BCUT2D eigenvalue weighted by molar-refractivity contribution is 0.231. The number of hydrogen-bond donors (Lipinski definition) is 2. The topological polar surface area (TPSA) is 47.3 Å². The summed E-state index contributed by atoms with van der Waals surface area (Å²) in [6.07, 6.45) is 0.790. The van der Waals surface area contributed by atoms with Gasteiger partial charge in [0, 0.05) is 18.7 Å².